The Morgan fingerprint density at radius 1 is 1.64 bits per heavy atom. The number of hydrogen-bond donors (Lipinski definition) is 1. The topological polar surface area (TPSA) is 35.2 Å². The maximum Gasteiger partial charge on any atom is 0.165 e. The van der Waals surface area contributed by atoms with E-state index in [2.05, 4.69) is 6.58 Å². The van der Waals surface area contributed by atoms with Crippen LogP contribution in [0.15, 0.2) is 30.9 Å². The van der Waals surface area contributed by atoms with Gasteiger partial charge in [-0.3, -0.25) is 0 Å². The van der Waals surface area contributed by atoms with E-state index in [1.807, 2.05) is 0 Å². The summed E-state index contributed by atoms with van der Waals surface area (Å²) in [4.78, 5) is 0. The lowest BCUT2D eigenvalue weighted by molar-refractivity contribution is 0.386. The van der Waals surface area contributed by atoms with Crippen molar-refractivity contribution in [3.63, 3.8) is 0 Å². The second-order valence-electron chi connectivity index (χ2n) is 3.07. The predicted molar refractivity (Wildman–Crippen MR) is 54.8 cm³/mol. The highest BCUT2D eigenvalue weighted by molar-refractivity contribution is 5.30. The van der Waals surface area contributed by atoms with Crippen LogP contribution >= 0.6 is 0 Å². The SMILES string of the molecule is C=CC(N)Cc1ccc(OC)c(F)c1. The van der Waals surface area contributed by atoms with E-state index < -0.39 is 0 Å². The number of ether oxygens (including phenoxy) is 1. The summed E-state index contributed by atoms with van der Waals surface area (Å²) in [7, 11) is 1.44. The van der Waals surface area contributed by atoms with E-state index in [-0.39, 0.29) is 17.6 Å². The molecule has 1 atom stereocenters. The Morgan fingerprint density at radius 2 is 2.36 bits per heavy atom. The van der Waals surface area contributed by atoms with Gasteiger partial charge in [-0.1, -0.05) is 12.1 Å². The van der Waals surface area contributed by atoms with Gasteiger partial charge in [-0.25, -0.2) is 4.39 Å². The van der Waals surface area contributed by atoms with Gasteiger partial charge in [0.25, 0.3) is 0 Å². The molecule has 0 saturated heterocycles. The molecule has 3 heteroatoms. The van der Waals surface area contributed by atoms with Crippen LogP contribution in [-0.4, -0.2) is 13.2 Å². The fourth-order valence-electron chi connectivity index (χ4n) is 1.19. The summed E-state index contributed by atoms with van der Waals surface area (Å²) in [6.45, 7) is 3.57. The molecule has 2 N–H and O–H groups in total. The maximum absolute atomic E-state index is 13.2. The van der Waals surface area contributed by atoms with Crippen molar-refractivity contribution in [2.75, 3.05) is 7.11 Å². The third kappa shape index (κ3) is 2.57. The van der Waals surface area contributed by atoms with Crippen molar-refractivity contribution >= 4 is 0 Å². The lowest BCUT2D eigenvalue weighted by atomic mass is 10.1. The smallest absolute Gasteiger partial charge is 0.165 e. The standard InChI is InChI=1S/C11H14FNO/c1-3-9(13)6-8-4-5-11(14-2)10(12)7-8/h3-5,7,9H,1,6,13H2,2H3. The van der Waals surface area contributed by atoms with Gasteiger partial charge in [-0.15, -0.1) is 6.58 Å². The first-order chi connectivity index (χ1) is 6.67. The lowest BCUT2D eigenvalue weighted by Gasteiger charge is -2.07. The van der Waals surface area contributed by atoms with Gasteiger partial charge in [0.2, 0.25) is 0 Å². The molecule has 0 aliphatic carbocycles. The fraction of sp³-hybridized carbons (Fsp3) is 0.273. The molecule has 1 aromatic rings. The molecule has 1 unspecified atom stereocenters. The van der Waals surface area contributed by atoms with Gasteiger partial charge >= 0.3 is 0 Å². The Balaban J connectivity index is 2.80. The quantitative estimate of drug-likeness (QED) is 0.744. The first-order valence-electron chi connectivity index (χ1n) is 4.38. The van der Waals surface area contributed by atoms with Crippen molar-refractivity contribution in [1.29, 1.82) is 0 Å². The molecule has 14 heavy (non-hydrogen) atoms. The molecule has 0 saturated carbocycles. The minimum Gasteiger partial charge on any atom is -0.494 e. The minimum absolute atomic E-state index is 0.136. The molecule has 0 fully saturated rings. The van der Waals surface area contributed by atoms with Crippen molar-refractivity contribution in [3.8, 4) is 5.75 Å². The fourth-order valence-corrected chi connectivity index (χ4v) is 1.19. The first kappa shape index (κ1) is 10.7. The van der Waals surface area contributed by atoms with E-state index in [9.17, 15) is 4.39 Å². The molecule has 0 spiro atoms. The van der Waals surface area contributed by atoms with Crippen LogP contribution in [0.1, 0.15) is 5.56 Å². The number of benzene rings is 1. The predicted octanol–water partition coefficient (Wildman–Crippen LogP) is 1.89. The highest BCUT2D eigenvalue weighted by Gasteiger charge is 2.05. The van der Waals surface area contributed by atoms with Crippen LogP contribution in [-0.2, 0) is 6.42 Å². The average molecular weight is 195 g/mol. The number of nitrogens with two attached hydrogens (primary N) is 1. The van der Waals surface area contributed by atoms with Gasteiger partial charge in [0.05, 0.1) is 7.11 Å². The summed E-state index contributed by atoms with van der Waals surface area (Å²) in [6.07, 6.45) is 2.23. The molecular weight excluding hydrogens is 181 g/mol. The molecule has 2 nitrogen and oxygen atoms in total. The van der Waals surface area contributed by atoms with E-state index in [1.54, 1.807) is 18.2 Å². The van der Waals surface area contributed by atoms with Crippen LogP contribution in [0.4, 0.5) is 4.39 Å². The monoisotopic (exact) mass is 195 g/mol. The molecule has 0 heterocycles. The van der Waals surface area contributed by atoms with Gasteiger partial charge in [0.1, 0.15) is 0 Å². The van der Waals surface area contributed by atoms with Crippen LogP contribution in [0.25, 0.3) is 0 Å². The summed E-state index contributed by atoms with van der Waals surface area (Å²) < 4.78 is 18.0. The van der Waals surface area contributed by atoms with Gasteiger partial charge in [-0.05, 0) is 24.1 Å². The van der Waals surface area contributed by atoms with E-state index in [4.69, 9.17) is 10.5 Å². The molecule has 1 aromatic carbocycles. The third-order valence-corrected chi connectivity index (χ3v) is 1.99. The van der Waals surface area contributed by atoms with Crippen LogP contribution in [0.5, 0.6) is 5.75 Å². The second-order valence-corrected chi connectivity index (χ2v) is 3.07. The van der Waals surface area contributed by atoms with Gasteiger partial charge in [-0.2, -0.15) is 0 Å². The zero-order valence-corrected chi connectivity index (χ0v) is 8.16. The van der Waals surface area contributed by atoms with Crippen LogP contribution in [0.2, 0.25) is 0 Å². The second kappa shape index (κ2) is 4.77. The minimum atomic E-state index is -0.360. The Hall–Kier alpha value is -1.35. The average Bonchev–Trinajstić information content (AvgIpc) is 2.18. The van der Waals surface area contributed by atoms with Crippen molar-refractivity contribution < 1.29 is 9.13 Å². The zero-order valence-electron chi connectivity index (χ0n) is 8.16. The number of methoxy groups -OCH3 is 1. The molecule has 0 bridgehead atoms. The summed E-state index contributed by atoms with van der Waals surface area (Å²) in [5.41, 5.74) is 6.50. The van der Waals surface area contributed by atoms with Crippen molar-refractivity contribution in [2.24, 2.45) is 5.73 Å². The Labute approximate surface area is 83.2 Å². The van der Waals surface area contributed by atoms with E-state index in [0.29, 0.717) is 6.42 Å². The molecule has 0 amide bonds. The molecule has 0 radical (unpaired) electrons. The maximum atomic E-state index is 13.2. The van der Waals surface area contributed by atoms with E-state index in [1.165, 1.54) is 13.2 Å². The normalized spacial score (nSPS) is 12.2. The lowest BCUT2D eigenvalue weighted by Crippen LogP contribution is -2.19. The molecule has 0 aliphatic rings. The Kier molecular flexibility index (Phi) is 3.65. The highest BCUT2D eigenvalue weighted by Crippen LogP contribution is 2.18. The van der Waals surface area contributed by atoms with Crippen molar-refractivity contribution in [1.82, 2.24) is 0 Å². The van der Waals surface area contributed by atoms with Gasteiger partial charge in [0.15, 0.2) is 11.6 Å². The third-order valence-electron chi connectivity index (χ3n) is 1.99. The van der Waals surface area contributed by atoms with Crippen LogP contribution in [0.3, 0.4) is 0 Å². The molecule has 0 aromatic heterocycles. The number of halogens is 1. The van der Waals surface area contributed by atoms with Crippen molar-refractivity contribution in [3.05, 3.63) is 42.2 Å². The summed E-state index contributed by atoms with van der Waals surface area (Å²) in [5, 5.41) is 0. The van der Waals surface area contributed by atoms with Gasteiger partial charge < -0.3 is 10.5 Å². The molecule has 76 valence electrons. The summed E-state index contributed by atoms with van der Waals surface area (Å²) >= 11 is 0. The number of rotatable bonds is 4. The number of hydrogen-bond acceptors (Lipinski definition) is 2. The Bertz CT molecular complexity index is 325. The van der Waals surface area contributed by atoms with E-state index in [0.717, 1.165) is 5.56 Å². The largest absolute Gasteiger partial charge is 0.494 e. The van der Waals surface area contributed by atoms with E-state index >= 15 is 0 Å². The summed E-state index contributed by atoms with van der Waals surface area (Å²) in [6, 6.07) is 4.69. The first-order valence-corrected chi connectivity index (χ1v) is 4.38. The zero-order chi connectivity index (χ0) is 10.6. The van der Waals surface area contributed by atoms with Crippen LogP contribution < -0.4 is 10.5 Å². The van der Waals surface area contributed by atoms with Crippen molar-refractivity contribution in [2.45, 2.75) is 12.5 Å². The van der Waals surface area contributed by atoms with Crippen LogP contribution in [0, 0.1) is 5.82 Å². The molecule has 0 aliphatic heterocycles. The van der Waals surface area contributed by atoms with Gasteiger partial charge in [0, 0.05) is 6.04 Å². The molecule has 1 rings (SSSR count). The summed E-state index contributed by atoms with van der Waals surface area (Å²) in [5.74, 6) is -0.109. The Morgan fingerprint density at radius 3 is 2.86 bits per heavy atom. The molecular formula is C11H14FNO. The highest BCUT2D eigenvalue weighted by atomic mass is 19.1.